The fourth-order valence-corrected chi connectivity index (χ4v) is 12.0. The molecule has 14 nitrogen and oxygen atoms in total. The maximum Gasteiger partial charge on any atom is 0.519 e. The van der Waals surface area contributed by atoms with Gasteiger partial charge in [0.15, 0.2) is 0 Å². The Bertz CT molecular complexity index is 2720. The van der Waals surface area contributed by atoms with E-state index in [4.69, 9.17) is 31.0 Å². The molecule has 0 heterocycles. The summed E-state index contributed by atoms with van der Waals surface area (Å²) in [5.74, 6) is 2.76. The van der Waals surface area contributed by atoms with Gasteiger partial charge in [0.25, 0.3) is 0 Å². The van der Waals surface area contributed by atoms with E-state index < -0.39 is 22.5 Å². The summed E-state index contributed by atoms with van der Waals surface area (Å²) in [4.78, 5) is 7.82. The molecule has 2 unspecified atom stereocenters. The van der Waals surface area contributed by atoms with Crippen molar-refractivity contribution in [2.45, 2.75) is 235 Å². The number of benzene rings is 4. The summed E-state index contributed by atoms with van der Waals surface area (Å²) in [6, 6.07) is 21.9. The first-order chi connectivity index (χ1) is 41.6. The Labute approximate surface area is 537 Å². The largest absolute Gasteiger partial charge is 0.519 e. The van der Waals surface area contributed by atoms with Crippen molar-refractivity contribution < 1.29 is 41.6 Å². The summed E-state index contributed by atoms with van der Waals surface area (Å²) in [6.45, 7) is 40.6. The SMILES string of the molecule is CC(C)(C)CC(C)(C)c1cc(O)c(C(C)(C)CC(C)(C)C)cc1O.CCCCCCCCCCCCOc1ccc(OS(=O)Nc2ccc(O)c(NS(=O)Oc3ccc(OCCCCCCCCCCCC)cc3)c2)cc1.[C-]#[N+]C(=C/C=C/N(C)C)[N+]#[C-]. The Hall–Kier alpha value is -6.36. The second-order valence-electron chi connectivity index (χ2n) is 26.8. The Morgan fingerprint density at radius 1 is 0.500 bits per heavy atom. The Kier molecular flexibility index (Phi) is 36.9. The number of nitrogens with zero attached hydrogens (tertiary/aromatic N) is 3. The lowest BCUT2D eigenvalue weighted by Crippen LogP contribution is -2.27. The monoisotopic (exact) mass is 1250 g/mol. The summed E-state index contributed by atoms with van der Waals surface area (Å²) in [5, 5.41) is 31.7. The van der Waals surface area contributed by atoms with Gasteiger partial charge in [-0.2, -0.15) is 18.1 Å². The van der Waals surface area contributed by atoms with Crippen molar-refractivity contribution >= 4 is 33.9 Å². The molecule has 0 saturated carbocycles. The first-order valence-electron chi connectivity index (χ1n) is 32.0. The summed E-state index contributed by atoms with van der Waals surface area (Å²) in [5.41, 5.74) is 2.05. The molecule has 4 aromatic rings. The second-order valence-corrected chi connectivity index (χ2v) is 28.4. The van der Waals surface area contributed by atoms with Gasteiger partial charge in [-0.05, 0) is 138 Å². The minimum atomic E-state index is -2.01. The van der Waals surface area contributed by atoms with Gasteiger partial charge in [0, 0.05) is 31.3 Å². The van der Waals surface area contributed by atoms with Gasteiger partial charge in [-0.3, -0.25) is 9.44 Å². The van der Waals surface area contributed by atoms with Gasteiger partial charge < -0.3 is 38.1 Å². The molecule has 0 aliphatic rings. The highest BCUT2D eigenvalue weighted by atomic mass is 32.2. The molecule has 0 spiro atoms. The number of hydrogen-bond donors (Lipinski definition) is 5. The third-order valence-electron chi connectivity index (χ3n) is 14.3. The normalized spacial score (nSPS) is 12.2. The fraction of sp³-hybridized carbons (Fsp3) is 0.583. The van der Waals surface area contributed by atoms with Crippen molar-refractivity contribution in [3.8, 4) is 40.2 Å². The molecular weight excluding hydrogens is 1140 g/mol. The van der Waals surface area contributed by atoms with Gasteiger partial charge in [-0.1, -0.05) is 199 Å². The molecule has 0 radical (unpaired) electrons. The van der Waals surface area contributed by atoms with Crippen LogP contribution in [0.4, 0.5) is 11.4 Å². The van der Waals surface area contributed by atoms with E-state index in [2.05, 4.69) is 102 Å². The average Bonchev–Trinajstić information content (AvgIpc) is 2.04. The quantitative estimate of drug-likeness (QED) is 0.00958. The van der Waals surface area contributed by atoms with Gasteiger partial charge in [-0.15, -0.1) is 0 Å². The lowest BCUT2D eigenvalue weighted by molar-refractivity contribution is 0.270. The van der Waals surface area contributed by atoms with Crippen molar-refractivity contribution in [1.82, 2.24) is 4.90 Å². The first-order valence-corrected chi connectivity index (χ1v) is 34.2. The maximum atomic E-state index is 12.7. The van der Waals surface area contributed by atoms with Gasteiger partial charge >= 0.3 is 28.4 Å². The molecule has 0 fully saturated rings. The van der Waals surface area contributed by atoms with Crippen molar-refractivity contribution in [2.75, 3.05) is 36.8 Å². The average molecular weight is 1250 g/mol. The van der Waals surface area contributed by atoms with E-state index in [1.54, 1.807) is 72.9 Å². The molecule has 16 heteroatoms. The third-order valence-corrected chi connectivity index (χ3v) is 15.8. The van der Waals surface area contributed by atoms with Gasteiger partial charge in [-0.25, -0.2) is 0 Å². The van der Waals surface area contributed by atoms with Crippen LogP contribution >= 0.6 is 0 Å². The van der Waals surface area contributed by atoms with E-state index in [0.29, 0.717) is 41.9 Å². The zero-order valence-electron chi connectivity index (χ0n) is 56.2. The number of hydrogen-bond acceptors (Lipinski definition) is 10. The molecule has 88 heavy (non-hydrogen) atoms. The number of allylic oxidation sites excluding steroid dienone is 2. The van der Waals surface area contributed by atoms with Gasteiger partial charge in [0.05, 0.1) is 24.6 Å². The lowest BCUT2D eigenvalue weighted by atomic mass is 9.69. The van der Waals surface area contributed by atoms with E-state index >= 15 is 0 Å². The zero-order valence-corrected chi connectivity index (χ0v) is 57.8. The van der Waals surface area contributed by atoms with E-state index in [1.165, 1.54) is 133 Å². The molecule has 5 N–H and O–H groups in total. The molecular formula is C72H111N5O9S2. The smallest absolute Gasteiger partial charge is 0.508 e. The predicted octanol–water partition coefficient (Wildman–Crippen LogP) is 20.4. The minimum absolute atomic E-state index is 0.0862. The van der Waals surface area contributed by atoms with Crippen molar-refractivity contribution in [2.24, 2.45) is 10.8 Å². The molecule has 0 aliphatic heterocycles. The number of phenolic OH excluding ortho intramolecular Hbond substituents is 3. The number of anilines is 2. The lowest BCUT2D eigenvalue weighted by Gasteiger charge is -2.36. The molecule has 0 amide bonds. The Morgan fingerprint density at radius 2 is 0.852 bits per heavy atom. The van der Waals surface area contributed by atoms with E-state index in [0.717, 1.165) is 54.7 Å². The number of ether oxygens (including phenoxy) is 2. The molecule has 0 aromatic heterocycles. The molecule has 2 atom stereocenters. The molecule has 0 saturated heterocycles. The van der Waals surface area contributed by atoms with Crippen LogP contribution in [0.3, 0.4) is 0 Å². The molecule has 4 rings (SSSR count). The van der Waals surface area contributed by atoms with Crippen LogP contribution in [0, 0.1) is 24.0 Å². The highest BCUT2D eigenvalue weighted by Crippen LogP contribution is 2.47. The van der Waals surface area contributed by atoms with E-state index in [9.17, 15) is 23.7 Å². The topological polar surface area (TPSA) is 168 Å². The number of rotatable bonds is 38. The van der Waals surface area contributed by atoms with Crippen LogP contribution in [0.25, 0.3) is 9.69 Å². The first kappa shape index (κ1) is 77.7. The fourth-order valence-electron chi connectivity index (χ4n) is 10.7. The summed E-state index contributed by atoms with van der Waals surface area (Å²) in [6.07, 6.45) is 32.3. The summed E-state index contributed by atoms with van der Waals surface area (Å²) < 4.78 is 53.5. The number of phenols is 3. The van der Waals surface area contributed by atoms with E-state index in [1.807, 2.05) is 19.0 Å². The molecule has 4 aromatic carbocycles. The van der Waals surface area contributed by atoms with Crippen LogP contribution in [-0.2, 0) is 33.4 Å². The highest BCUT2D eigenvalue weighted by molar-refractivity contribution is 7.82. The van der Waals surface area contributed by atoms with Crippen molar-refractivity contribution in [3.05, 3.63) is 137 Å². The zero-order chi connectivity index (χ0) is 65.6. The van der Waals surface area contributed by atoms with Gasteiger partial charge in [0.2, 0.25) is 0 Å². The van der Waals surface area contributed by atoms with Gasteiger partial charge in [0.1, 0.15) is 53.4 Å². The Balaban J connectivity index is 0.000000616. The van der Waals surface area contributed by atoms with Crippen LogP contribution in [-0.4, -0.2) is 55.9 Å². The second kappa shape index (κ2) is 41.8. The summed E-state index contributed by atoms with van der Waals surface area (Å²) in [7, 11) is 3.75. The van der Waals surface area contributed by atoms with Crippen LogP contribution < -0.4 is 27.3 Å². The van der Waals surface area contributed by atoms with Crippen LogP contribution in [0.15, 0.2) is 103 Å². The highest BCUT2D eigenvalue weighted by Gasteiger charge is 2.34. The molecule has 0 bridgehead atoms. The van der Waals surface area contributed by atoms with E-state index in [-0.39, 0.29) is 38.9 Å². The number of aromatic hydroxyl groups is 3. The summed E-state index contributed by atoms with van der Waals surface area (Å²) >= 11 is -3.94. The predicted molar refractivity (Wildman–Crippen MR) is 369 cm³/mol. The minimum Gasteiger partial charge on any atom is -0.508 e. The van der Waals surface area contributed by atoms with Crippen molar-refractivity contribution in [3.63, 3.8) is 0 Å². The van der Waals surface area contributed by atoms with Crippen LogP contribution in [0.2, 0.25) is 0 Å². The number of unbranched alkanes of at least 4 members (excludes halogenated alkanes) is 18. The van der Waals surface area contributed by atoms with Crippen LogP contribution in [0.5, 0.6) is 40.2 Å². The van der Waals surface area contributed by atoms with Crippen molar-refractivity contribution in [1.29, 1.82) is 0 Å². The molecule has 0 aliphatic carbocycles. The Morgan fingerprint density at radius 3 is 1.20 bits per heavy atom. The molecule has 490 valence electrons. The number of nitrogens with one attached hydrogen (secondary N) is 2. The standard InChI is InChI=1S/C42H64N2O7S2.C22H38O2.C8H9N3/c1-3-5-7-9-11-13-15-17-19-21-33-48-37-24-28-39(29-25-37)50-52(46)43-36-23-32-42(45)41(35-36)44-53(47)51-40-30-26-38(27-31-40)49-34-22-20-18-16-14-12-10-8-6-4-2;1-19(2,3)13-21(7,8)15-11-18(24)16(12-17(15)23)22(9,10)14-20(4,5)6;1-9-8(10-2)6-5-7-11(3)4/h23-32,35,43-45H,3-22,33-34H2,1-2H3;11-12,23-24H,13-14H2,1-10H3;5-7H,3-4H3/b;;7-5+. The third kappa shape index (κ3) is 35.0. The van der Waals surface area contributed by atoms with Crippen LogP contribution in [0.1, 0.15) is 235 Å². The maximum absolute atomic E-state index is 12.7.